The van der Waals surface area contributed by atoms with E-state index in [9.17, 15) is 14.4 Å². The van der Waals surface area contributed by atoms with Crippen LogP contribution in [-0.4, -0.2) is 57.0 Å². The molecule has 4 aromatic rings. The van der Waals surface area contributed by atoms with Gasteiger partial charge in [-0.1, -0.05) is 17.7 Å². The summed E-state index contributed by atoms with van der Waals surface area (Å²) >= 11 is 6.03. The number of anilines is 2. The molecule has 2 N–H and O–H groups in total. The first-order valence-electron chi connectivity index (χ1n) is 11.0. The van der Waals surface area contributed by atoms with Gasteiger partial charge in [0.25, 0.3) is 11.5 Å². The molecule has 0 radical (unpaired) electrons. The Labute approximate surface area is 211 Å². The van der Waals surface area contributed by atoms with Crippen LogP contribution in [0, 0.1) is 6.92 Å². The lowest BCUT2D eigenvalue weighted by Gasteiger charge is -2.21. The molecule has 0 aliphatic heterocycles. The molecule has 0 bridgehead atoms. The summed E-state index contributed by atoms with van der Waals surface area (Å²) in [4.78, 5) is 47.9. The number of nitrogens with one attached hydrogen (secondary N) is 2. The summed E-state index contributed by atoms with van der Waals surface area (Å²) in [6.45, 7) is 3.82. The van der Waals surface area contributed by atoms with Crippen molar-refractivity contribution < 1.29 is 14.3 Å². The monoisotopic (exact) mass is 511 g/mol. The van der Waals surface area contributed by atoms with Crippen LogP contribution < -0.4 is 16.2 Å². The second kappa shape index (κ2) is 9.50. The number of hydrogen-bond donors (Lipinski definition) is 2. The molecule has 2 amide bonds. The zero-order valence-corrected chi connectivity index (χ0v) is 21.5. The fourth-order valence-corrected chi connectivity index (χ4v) is 4.29. The van der Waals surface area contributed by atoms with Crippen LogP contribution in [-0.2, 0) is 11.8 Å². The Bertz CT molecular complexity index is 1570. The number of amides is 2. The number of carbonyl (C=O) groups is 2. The normalized spacial score (nSPS) is 12.0. The maximum absolute atomic E-state index is 13.4. The number of pyridine rings is 1. The van der Waals surface area contributed by atoms with E-state index in [1.54, 1.807) is 44.0 Å². The number of benzene rings is 1. The summed E-state index contributed by atoms with van der Waals surface area (Å²) < 4.78 is 7.88. The van der Waals surface area contributed by atoms with Crippen LogP contribution in [0.15, 0.2) is 35.4 Å². The lowest BCUT2D eigenvalue weighted by atomic mass is 10.0. The molecule has 3 aromatic heterocycles. The summed E-state index contributed by atoms with van der Waals surface area (Å²) in [7, 11) is 6.14. The second-order valence-corrected chi connectivity index (χ2v) is 9.00. The molecule has 188 valence electrons. The van der Waals surface area contributed by atoms with Gasteiger partial charge in [0.2, 0.25) is 0 Å². The van der Waals surface area contributed by atoms with Crippen molar-refractivity contribution in [3.8, 4) is 0 Å². The van der Waals surface area contributed by atoms with E-state index < -0.39 is 6.09 Å². The van der Waals surface area contributed by atoms with Crippen molar-refractivity contribution in [2.75, 3.05) is 31.8 Å². The van der Waals surface area contributed by atoms with Crippen molar-refractivity contribution in [2.24, 2.45) is 7.05 Å². The minimum Gasteiger partial charge on any atom is -0.453 e. The SMILES string of the molecule is COC(=O)Nc1nc(Cl)ccc1NC(C)c1cc(C)cc2c(=O)n(C)c3c(C(=O)N(C)C)ncn3c12. The number of rotatable bonds is 5. The largest absolute Gasteiger partial charge is 0.453 e. The number of ether oxygens (including phenoxy) is 1. The van der Waals surface area contributed by atoms with Crippen molar-refractivity contribution in [3.63, 3.8) is 0 Å². The Hall–Kier alpha value is -4.12. The second-order valence-electron chi connectivity index (χ2n) is 8.61. The molecule has 1 atom stereocenters. The Kier molecular flexibility index (Phi) is 6.59. The van der Waals surface area contributed by atoms with E-state index in [4.69, 9.17) is 11.6 Å². The van der Waals surface area contributed by atoms with Crippen molar-refractivity contribution in [3.05, 3.63) is 62.9 Å². The number of hydrogen-bond acceptors (Lipinski definition) is 7. The molecular formula is C24H26ClN7O4. The number of aromatic nitrogens is 4. The summed E-state index contributed by atoms with van der Waals surface area (Å²) in [5, 5.41) is 6.57. The van der Waals surface area contributed by atoms with Gasteiger partial charge >= 0.3 is 6.09 Å². The maximum Gasteiger partial charge on any atom is 0.412 e. The first-order valence-corrected chi connectivity index (χ1v) is 11.4. The molecule has 12 heteroatoms. The lowest BCUT2D eigenvalue weighted by molar-refractivity contribution is 0.0824. The molecule has 36 heavy (non-hydrogen) atoms. The highest BCUT2D eigenvalue weighted by Crippen LogP contribution is 2.31. The van der Waals surface area contributed by atoms with Gasteiger partial charge in [-0.25, -0.2) is 14.8 Å². The van der Waals surface area contributed by atoms with Crippen LogP contribution in [0.2, 0.25) is 5.15 Å². The third-order valence-corrected chi connectivity index (χ3v) is 6.04. The summed E-state index contributed by atoms with van der Waals surface area (Å²) in [5.41, 5.74) is 3.12. The minimum absolute atomic E-state index is 0.181. The van der Waals surface area contributed by atoms with E-state index in [1.807, 2.05) is 26.0 Å². The van der Waals surface area contributed by atoms with Gasteiger partial charge in [-0.2, -0.15) is 0 Å². The zero-order chi connectivity index (χ0) is 26.3. The standard InChI is InChI=1S/C24H26ClN7O4/c1-12-9-14(13(2)27-16-7-8-17(25)28-20(16)29-24(35)36-6)19-15(10-12)22(33)31(5)21-18(23(34)30(3)4)26-11-32(19)21/h7-11,13,27H,1-6H3,(H,28,29,35). The summed E-state index contributed by atoms with van der Waals surface area (Å²) in [5.74, 6) is -0.113. The number of methoxy groups -OCH3 is 1. The molecule has 11 nitrogen and oxygen atoms in total. The highest BCUT2D eigenvalue weighted by molar-refractivity contribution is 6.29. The van der Waals surface area contributed by atoms with Gasteiger partial charge < -0.3 is 15.0 Å². The number of fused-ring (bicyclic) bond motifs is 3. The van der Waals surface area contributed by atoms with E-state index in [1.165, 1.54) is 16.6 Å². The fraction of sp³-hybridized carbons (Fsp3) is 0.292. The van der Waals surface area contributed by atoms with Gasteiger partial charge in [0.1, 0.15) is 11.5 Å². The molecule has 4 rings (SSSR count). The molecule has 0 fully saturated rings. The average molecular weight is 512 g/mol. The molecule has 1 aromatic carbocycles. The van der Waals surface area contributed by atoms with Crippen LogP contribution in [0.4, 0.5) is 16.3 Å². The highest BCUT2D eigenvalue weighted by atomic mass is 35.5. The van der Waals surface area contributed by atoms with E-state index in [2.05, 4.69) is 25.3 Å². The minimum atomic E-state index is -0.691. The third kappa shape index (κ3) is 4.33. The highest BCUT2D eigenvalue weighted by Gasteiger charge is 2.23. The molecular weight excluding hydrogens is 486 g/mol. The quantitative estimate of drug-likeness (QED) is 0.392. The van der Waals surface area contributed by atoms with E-state index in [0.29, 0.717) is 22.2 Å². The smallest absolute Gasteiger partial charge is 0.412 e. The third-order valence-electron chi connectivity index (χ3n) is 5.83. The summed E-state index contributed by atoms with van der Waals surface area (Å²) in [6.07, 6.45) is 0.858. The van der Waals surface area contributed by atoms with Gasteiger partial charge in [-0.05, 0) is 43.2 Å². The predicted molar refractivity (Wildman–Crippen MR) is 138 cm³/mol. The van der Waals surface area contributed by atoms with Crippen molar-refractivity contribution >= 4 is 51.7 Å². The van der Waals surface area contributed by atoms with Crippen molar-refractivity contribution in [2.45, 2.75) is 19.9 Å². The molecule has 0 aliphatic rings. The van der Waals surface area contributed by atoms with Gasteiger partial charge in [-0.15, -0.1) is 0 Å². The van der Waals surface area contributed by atoms with E-state index in [0.717, 1.165) is 11.1 Å². The van der Waals surface area contributed by atoms with E-state index >= 15 is 0 Å². The number of nitrogens with zero attached hydrogens (tertiary/aromatic N) is 5. The number of aryl methyl sites for hydroxylation is 2. The fourth-order valence-electron chi connectivity index (χ4n) is 4.14. The first-order chi connectivity index (χ1) is 17.0. The molecule has 0 spiro atoms. The number of halogens is 1. The van der Waals surface area contributed by atoms with Gasteiger partial charge in [0.05, 0.1) is 29.7 Å². The van der Waals surface area contributed by atoms with Crippen molar-refractivity contribution in [1.82, 2.24) is 23.8 Å². The molecule has 1 unspecified atom stereocenters. The van der Waals surface area contributed by atoms with Crippen LogP contribution >= 0.6 is 11.6 Å². The zero-order valence-electron chi connectivity index (χ0n) is 20.7. The molecule has 3 heterocycles. The lowest BCUT2D eigenvalue weighted by Crippen LogP contribution is -2.26. The van der Waals surface area contributed by atoms with Crippen LogP contribution in [0.5, 0.6) is 0 Å². The first kappa shape index (κ1) is 25.0. The molecule has 0 aliphatic carbocycles. The topological polar surface area (TPSA) is 123 Å². The molecule has 0 saturated heterocycles. The van der Waals surface area contributed by atoms with Gasteiger partial charge in [-0.3, -0.25) is 23.9 Å². The number of imidazole rings is 1. The van der Waals surface area contributed by atoms with Crippen LogP contribution in [0.3, 0.4) is 0 Å². The molecule has 0 saturated carbocycles. The Morgan fingerprint density at radius 1 is 1.22 bits per heavy atom. The number of carbonyl (C=O) groups excluding carboxylic acids is 2. The average Bonchev–Trinajstić information content (AvgIpc) is 3.27. The predicted octanol–water partition coefficient (Wildman–Crippen LogP) is 3.60. The van der Waals surface area contributed by atoms with Crippen molar-refractivity contribution in [1.29, 1.82) is 0 Å². The van der Waals surface area contributed by atoms with Gasteiger partial charge in [0, 0.05) is 21.1 Å². The Morgan fingerprint density at radius 3 is 2.61 bits per heavy atom. The van der Waals surface area contributed by atoms with E-state index in [-0.39, 0.29) is 34.2 Å². The van der Waals surface area contributed by atoms with Gasteiger partial charge in [0.15, 0.2) is 17.2 Å². The maximum atomic E-state index is 13.4. The van der Waals surface area contributed by atoms with Crippen LogP contribution in [0.25, 0.3) is 16.6 Å². The Morgan fingerprint density at radius 2 is 1.94 bits per heavy atom. The Balaban J connectivity index is 1.92. The summed E-state index contributed by atoms with van der Waals surface area (Å²) in [6, 6.07) is 6.70. The van der Waals surface area contributed by atoms with Crippen LogP contribution in [0.1, 0.15) is 34.6 Å².